The number of nitrogen functional groups attached to an aromatic ring is 1. The third-order valence-electron chi connectivity index (χ3n) is 5.77. The van der Waals surface area contributed by atoms with Gasteiger partial charge in [-0.25, -0.2) is 19.0 Å². The fraction of sp³-hybridized carbons (Fsp3) is 0.261. The van der Waals surface area contributed by atoms with Crippen LogP contribution in [0.15, 0.2) is 60.9 Å². The molecule has 166 valence electrons. The van der Waals surface area contributed by atoms with Crippen molar-refractivity contribution < 1.29 is 38.0 Å². The lowest BCUT2D eigenvalue weighted by atomic mass is 10.0. The summed E-state index contributed by atoms with van der Waals surface area (Å²) < 4.78 is 22.5. The number of nitrogens with two attached hydrogens (primary N) is 1. The van der Waals surface area contributed by atoms with Crippen LogP contribution in [0, 0.1) is 0 Å². The number of halogens is 2. The Labute approximate surface area is 202 Å². The second kappa shape index (κ2) is 9.37. The lowest BCUT2D eigenvalue weighted by Crippen LogP contribution is -3.11. The van der Waals surface area contributed by atoms with E-state index in [1.807, 2.05) is 61.6 Å². The molecule has 1 aliphatic rings. The molecule has 5 rings (SSSR count). The first kappa shape index (κ1) is 22.4. The first-order chi connectivity index (χ1) is 15.1. The number of anilines is 1. The molecule has 0 aliphatic carbocycles. The quantitative estimate of drug-likeness (QED) is 0.343. The number of ether oxygens (including phenoxy) is 1. The van der Waals surface area contributed by atoms with Gasteiger partial charge >= 0.3 is 0 Å². The number of hydrogen-bond donors (Lipinski definition) is 2. The Hall–Kier alpha value is -2.79. The zero-order valence-electron chi connectivity index (χ0n) is 17.6. The Morgan fingerprint density at radius 2 is 1.78 bits per heavy atom. The van der Waals surface area contributed by atoms with Crippen molar-refractivity contribution in [2.24, 2.45) is 0 Å². The smallest absolute Gasteiger partial charge is 0.171 e. The van der Waals surface area contributed by atoms with Crippen LogP contribution in [0.25, 0.3) is 22.3 Å². The third-order valence-corrected chi connectivity index (χ3v) is 5.77. The summed E-state index contributed by atoms with van der Waals surface area (Å²) in [7, 11) is 2.01. The summed E-state index contributed by atoms with van der Waals surface area (Å²) in [6.45, 7) is 1.33. The highest BCUT2D eigenvalue weighted by Crippen LogP contribution is 2.34. The molecule has 32 heavy (non-hydrogen) atoms. The number of aromatic nitrogens is 4. The number of quaternary nitrogens is 1. The highest BCUT2D eigenvalue weighted by molar-refractivity contribution is 5.98. The summed E-state index contributed by atoms with van der Waals surface area (Å²) in [5, 5.41) is 5.43. The Morgan fingerprint density at radius 3 is 2.50 bits per heavy atom. The third kappa shape index (κ3) is 4.26. The molecule has 2 aromatic carbocycles. The predicted octanol–water partition coefficient (Wildman–Crippen LogP) is -0.331. The van der Waals surface area contributed by atoms with E-state index >= 15 is 0 Å². The topological polar surface area (TPSA) is 83.3 Å². The van der Waals surface area contributed by atoms with Gasteiger partial charge in [-0.05, 0) is 36.4 Å². The maximum absolute atomic E-state index is 14.9. The van der Waals surface area contributed by atoms with Crippen LogP contribution >= 0.6 is 0 Å². The summed E-state index contributed by atoms with van der Waals surface area (Å²) >= 11 is 0. The number of benzene rings is 2. The van der Waals surface area contributed by atoms with Gasteiger partial charge < -0.3 is 39.3 Å². The summed E-state index contributed by atoms with van der Waals surface area (Å²) in [5.41, 5.74) is 8.27. The van der Waals surface area contributed by atoms with Gasteiger partial charge in [0, 0.05) is 12.0 Å². The van der Waals surface area contributed by atoms with Gasteiger partial charge in [-0.15, -0.1) is 0 Å². The molecular formula is C23H24FIN6O. The van der Waals surface area contributed by atoms with Crippen molar-refractivity contribution in [2.75, 3.05) is 25.9 Å². The van der Waals surface area contributed by atoms with Crippen molar-refractivity contribution >= 4 is 16.9 Å². The molecule has 1 aliphatic heterocycles. The number of nitrogens with zero attached hydrogens (tertiary/aromatic N) is 4. The van der Waals surface area contributed by atoms with Crippen LogP contribution in [-0.4, -0.2) is 46.1 Å². The Kier molecular flexibility index (Phi) is 6.56. The van der Waals surface area contributed by atoms with Gasteiger partial charge in [-0.3, -0.25) is 0 Å². The van der Waals surface area contributed by atoms with E-state index in [1.54, 1.807) is 4.68 Å². The number of rotatable bonds is 4. The fourth-order valence-electron chi connectivity index (χ4n) is 4.16. The predicted molar refractivity (Wildman–Crippen MR) is 117 cm³/mol. The van der Waals surface area contributed by atoms with E-state index in [-0.39, 0.29) is 30.0 Å². The Bertz CT molecular complexity index is 1200. The van der Waals surface area contributed by atoms with Gasteiger partial charge in [0.05, 0.1) is 25.0 Å². The molecule has 1 unspecified atom stereocenters. The van der Waals surface area contributed by atoms with Crippen molar-refractivity contribution in [3.05, 3.63) is 60.9 Å². The van der Waals surface area contributed by atoms with Crippen LogP contribution in [0.2, 0.25) is 0 Å². The standard InChI is InChI=1S/C23H23FN6O.HI/c1-29-12-11-19(18(24)13-29)30-23-20(22(25)26-14-27-23)21(28-30)15-7-9-17(10-8-15)31-16-5-3-2-4-6-16;/h2-10,14,18-19H,11-13H2,1H3,(H2,25,26,27);1H/t18-,19-;/m1./s1. The van der Waals surface area contributed by atoms with Crippen molar-refractivity contribution in [3.63, 3.8) is 0 Å². The zero-order chi connectivity index (χ0) is 21.4. The normalized spacial score (nSPS) is 20.6. The molecule has 0 radical (unpaired) electrons. The molecular weight excluding hydrogens is 522 g/mol. The average Bonchev–Trinajstić information content (AvgIpc) is 3.16. The number of para-hydroxylation sites is 1. The Morgan fingerprint density at radius 1 is 1.06 bits per heavy atom. The number of alkyl halides is 1. The van der Waals surface area contributed by atoms with Crippen molar-refractivity contribution in [3.8, 4) is 22.8 Å². The van der Waals surface area contributed by atoms with Gasteiger partial charge in [0.2, 0.25) is 0 Å². The Balaban J connectivity index is 0.00000245. The van der Waals surface area contributed by atoms with Crippen LogP contribution in [-0.2, 0) is 0 Å². The molecule has 2 aromatic heterocycles. The van der Waals surface area contributed by atoms with Crippen LogP contribution in [0.5, 0.6) is 11.5 Å². The minimum absolute atomic E-state index is 0. The minimum atomic E-state index is -0.998. The SMILES string of the molecule is C[NH+]1CC[C@@H](n2nc(-c3ccc(Oc4ccccc4)cc3)c3c(N)ncnc32)[C@H](F)C1.[I-]. The van der Waals surface area contributed by atoms with Crippen molar-refractivity contribution in [1.29, 1.82) is 0 Å². The summed E-state index contributed by atoms with van der Waals surface area (Å²) in [6.07, 6.45) is 1.10. The van der Waals surface area contributed by atoms with E-state index in [0.29, 0.717) is 41.3 Å². The highest BCUT2D eigenvalue weighted by atomic mass is 127. The number of piperidine rings is 1. The number of nitrogens with one attached hydrogen (secondary N) is 1. The summed E-state index contributed by atoms with van der Waals surface area (Å²) in [5.74, 6) is 1.82. The molecule has 3 N–H and O–H groups in total. The minimum Gasteiger partial charge on any atom is -1.00 e. The molecule has 0 amide bonds. The van der Waals surface area contributed by atoms with Gasteiger partial charge in [0.15, 0.2) is 11.8 Å². The first-order valence-electron chi connectivity index (χ1n) is 10.4. The van der Waals surface area contributed by atoms with Gasteiger partial charge in [-0.1, -0.05) is 18.2 Å². The number of likely N-dealkylation sites (tertiary alicyclic amines) is 1. The van der Waals surface area contributed by atoms with Crippen LogP contribution < -0.4 is 39.3 Å². The van der Waals surface area contributed by atoms with Crippen LogP contribution in [0.1, 0.15) is 12.5 Å². The molecule has 0 spiro atoms. The summed E-state index contributed by atoms with van der Waals surface area (Å²) in [4.78, 5) is 9.73. The molecule has 0 saturated carbocycles. The highest BCUT2D eigenvalue weighted by Gasteiger charge is 2.34. The molecule has 1 fully saturated rings. The summed E-state index contributed by atoms with van der Waals surface area (Å²) in [6, 6.07) is 16.8. The van der Waals surface area contributed by atoms with E-state index in [2.05, 4.69) is 9.97 Å². The van der Waals surface area contributed by atoms with Crippen LogP contribution in [0.3, 0.4) is 0 Å². The van der Waals surface area contributed by atoms with Gasteiger partial charge in [-0.2, -0.15) is 5.10 Å². The van der Waals surface area contributed by atoms with Crippen LogP contribution in [0.4, 0.5) is 10.2 Å². The van der Waals surface area contributed by atoms with Crippen molar-refractivity contribution in [2.45, 2.75) is 18.6 Å². The van der Waals surface area contributed by atoms with Gasteiger partial charge in [0.1, 0.15) is 35.9 Å². The van der Waals surface area contributed by atoms with Gasteiger partial charge in [0.25, 0.3) is 0 Å². The van der Waals surface area contributed by atoms with E-state index in [4.69, 9.17) is 15.6 Å². The second-order valence-electron chi connectivity index (χ2n) is 7.97. The molecule has 3 heterocycles. The number of fused-ring (bicyclic) bond motifs is 1. The maximum Gasteiger partial charge on any atom is 0.171 e. The molecule has 0 bridgehead atoms. The molecule has 3 atom stereocenters. The zero-order valence-corrected chi connectivity index (χ0v) is 19.7. The lowest BCUT2D eigenvalue weighted by molar-refractivity contribution is -0.888. The monoisotopic (exact) mass is 546 g/mol. The van der Waals surface area contributed by atoms with E-state index < -0.39 is 6.17 Å². The molecule has 4 aromatic rings. The largest absolute Gasteiger partial charge is 1.00 e. The molecule has 1 saturated heterocycles. The molecule has 9 heteroatoms. The lowest BCUT2D eigenvalue weighted by Gasteiger charge is -2.29. The second-order valence-corrected chi connectivity index (χ2v) is 7.97. The molecule has 7 nitrogen and oxygen atoms in total. The van der Waals surface area contributed by atoms with E-state index in [9.17, 15) is 4.39 Å². The van der Waals surface area contributed by atoms with Crippen molar-refractivity contribution in [1.82, 2.24) is 19.7 Å². The van der Waals surface area contributed by atoms with E-state index in [1.165, 1.54) is 11.2 Å². The number of hydrogen-bond acceptors (Lipinski definition) is 5. The average molecular weight is 546 g/mol. The maximum atomic E-state index is 14.9. The first-order valence-corrected chi connectivity index (χ1v) is 10.4. The fourth-order valence-corrected chi connectivity index (χ4v) is 4.16. The van der Waals surface area contributed by atoms with E-state index in [0.717, 1.165) is 17.9 Å².